The Morgan fingerprint density at radius 1 is 1.32 bits per heavy atom. The molecule has 2 N–H and O–H groups in total. The van der Waals surface area contributed by atoms with Crippen LogP contribution in [0.1, 0.15) is 31.9 Å². The minimum atomic E-state index is -1.84. The van der Waals surface area contributed by atoms with E-state index in [0.717, 1.165) is 5.56 Å². The van der Waals surface area contributed by atoms with Gasteiger partial charge in [0.2, 0.25) is 0 Å². The maximum absolute atomic E-state index is 11.8. The molecule has 0 aliphatic carbocycles. The number of hydrogen-bond acceptors (Lipinski definition) is 6. The summed E-state index contributed by atoms with van der Waals surface area (Å²) in [6, 6.07) is 4.83. The van der Waals surface area contributed by atoms with Crippen LogP contribution in [-0.2, 0) is 19.9 Å². The molecule has 1 rings (SSSR count). The zero-order chi connectivity index (χ0) is 16.9. The predicted molar refractivity (Wildman–Crippen MR) is 79.3 cm³/mol. The van der Waals surface area contributed by atoms with E-state index in [0.29, 0.717) is 0 Å². The lowest BCUT2D eigenvalue weighted by Crippen LogP contribution is -2.37. The Labute approximate surface area is 129 Å². The van der Waals surface area contributed by atoms with Gasteiger partial charge in [0.25, 0.3) is 0 Å². The molecule has 122 valence electrons. The first-order valence-electron chi connectivity index (χ1n) is 6.99. The molecular weight excluding hydrogens is 288 g/mol. The number of hydrogen-bond donors (Lipinski definition) is 2. The zero-order valence-electron chi connectivity index (χ0n) is 13.3. The van der Waals surface area contributed by atoms with Crippen molar-refractivity contribution in [3.63, 3.8) is 0 Å². The molecule has 22 heavy (non-hydrogen) atoms. The van der Waals surface area contributed by atoms with Crippen LogP contribution in [0.3, 0.4) is 0 Å². The third-order valence-corrected chi connectivity index (χ3v) is 3.10. The van der Waals surface area contributed by atoms with Crippen LogP contribution in [0.15, 0.2) is 18.2 Å². The Morgan fingerprint density at radius 3 is 2.45 bits per heavy atom. The molecule has 0 radical (unpaired) electrons. The van der Waals surface area contributed by atoms with Gasteiger partial charge in [0.15, 0.2) is 5.60 Å². The summed E-state index contributed by atoms with van der Waals surface area (Å²) in [4.78, 5) is 22.7. The summed E-state index contributed by atoms with van der Waals surface area (Å²) < 4.78 is 10.1. The minimum Gasteiger partial charge on any atom is -0.462 e. The highest BCUT2D eigenvalue weighted by Crippen LogP contribution is 2.32. The van der Waals surface area contributed by atoms with Crippen LogP contribution in [0.25, 0.3) is 0 Å². The van der Waals surface area contributed by atoms with E-state index in [-0.39, 0.29) is 17.2 Å². The van der Waals surface area contributed by atoms with Crippen LogP contribution in [0.4, 0.5) is 0 Å². The summed E-state index contributed by atoms with van der Waals surface area (Å²) in [5.41, 5.74) is -0.828. The number of benzene rings is 1. The molecule has 0 spiro atoms. The molecular formula is C16H22O6. The molecule has 0 bridgehead atoms. The number of carbonyl (C=O) groups excluding carboxylic acids is 2. The fourth-order valence-corrected chi connectivity index (χ4v) is 1.75. The molecule has 0 saturated carbocycles. The van der Waals surface area contributed by atoms with Gasteiger partial charge in [0.1, 0.15) is 12.4 Å². The molecule has 0 fully saturated rings. The number of aryl methyl sites for hydroxylation is 1. The quantitative estimate of drug-likeness (QED) is 0.608. The second kappa shape index (κ2) is 7.38. The smallest absolute Gasteiger partial charge is 0.313 e. The molecule has 1 unspecified atom stereocenters. The van der Waals surface area contributed by atoms with Crippen molar-refractivity contribution in [2.24, 2.45) is 5.92 Å². The summed E-state index contributed by atoms with van der Waals surface area (Å²) in [6.07, 6.45) is 0. The van der Waals surface area contributed by atoms with Gasteiger partial charge in [-0.3, -0.25) is 9.59 Å². The Kier molecular flexibility index (Phi) is 6.08. The third kappa shape index (κ3) is 4.54. The van der Waals surface area contributed by atoms with Crippen LogP contribution in [0, 0.1) is 12.8 Å². The van der Waals surface area contributed by atoms with Gasteiger partial charge in [-0.15, -0.1) is 0 Å². The lowest BCUT2D eigenvalue weighted by Gasteiger charge is -2.27. The molecule has 6 heteroatoms. The number of carbonyl (C=O) groups is 2. The normalized spacial score (nSPS) is 13.6. The Morgan fingerprint density at radius 2 is 1.95 bits per heavy atom. The van der Waals surface area contributed by atoms with E-state index in [2.05, 4.69) is 0 Å². The van der Waals surface area contributed by atoms with Crippen molar-refractivity contribution in [2.45, 2.75) is 33.3 Å². The second-order valence-corrected chi connectivity index (χ2v) is 5.55. The average Bonchev–Trinajstić information content (AvgIpc) is 2.44. The van der Waals surface area contributed by atoms with Gasteiger partial charge in [-0.05, 0) is 18.6 Å². The number of rotatable bonds is 6. The lowest BCUT2D eigenvalue weighted by molar-refractivity contribution is -0.153. The van der Waals surface area contributed by atoms with E-state index in [9.17, 15) is 19.8 Å². The van der Waals surface area contributed by atoms with Crippen molar-refractivity contribution in [1.29, 1.82) is 0 Å². The van der Waals surface area contributed by atoms with E-state index in [4.69, 9.17) is 9.47 Å². The Bertz CT molecular complexity index is 552. The van der Waals surface area contributed by atoms with Crippen molar-refractivity contribution >= 4 is 11.9 Å². The number of aliphatic hydroxyl groups is 2. The molecule has 0 aliphatic heterocycles. The summed E-state index contributed by atoms with van der Waals surface area (Å²) in [6.45, 7) is 5.26. The van der Waals surface area contributed by atoms with Crippen LogP contribution in [0.5, 0.6) is 5.75 Å². The Balaban J connectivity index is 3.20. The summed E-state index contributed by atoms with van der Waals surface area (Å²) in [5.74, 6) is -1.24. The van der Waals surface area contributed by atoms with Crippen molar-refractivity contribution in [3.05, 3.63) is 29.3 Å². The van der Waals surface area contributed by atoms with Gasteiger partial charge in [0.05, 0.1) is 12.5 Å². The van der Waals surface area contributed by atoms with E-state index in [1.807, 2.05) is 0 Å². The molecule has 1 atom stereocenters. The van der Waals surface area contributed by atoms with Gasteiger partial charge < -0.3 is 19.7 Å². The van der Waals surface area contributed by atoms with Gasteiger partial charge in [-0.2, -0.15) is 0 Å². The third-order valence-electron chi connectivity index (χ3n) is 3.10. The summed E-state index contributed by atoms with van der Waals surface area (Å²) in [5, 5.41) is 20.1. The fourth-order valence-electron chi connectivity index (χ4n) is 1.75. The first-order valence-corrected chi connectivity index (χ1v) is 6.99. The molecule has 0 aliphatic rings. The highest BCUT2D eigenvalue weighted by molar-refractivity contribution is 5.75. The largest absolute Gasteiger partial charge is 0.462 e. The molecule has 0 heterocycles. The predicted octanol–water partition coefficient (Wildman–Crippen LogP) is 1.30. The van der Waals surface area contributed by atoms with Crippen LogP contribution in [-0.4, -0.2) is 35.4 Å². The van der Waals surface area contributed by atoms with Crippen LogP contribution in [0.2, 0.25) is 0 Å². The SMILES string of the molecule is CC(=O)OCC(O)(CO)c1ccc(C)cc1OC(=O)C(C)C. The first kappa shape index (κ1) is 18.1. The van der Waals surface area contributed by atoms with E-state index in [1.54, 1.807) is 32.9 Å². The summed E-state index contributed by atoms with van der Waals surface area (Å²) in [7, 11) is 0. The topological polar surface area (TPSA) is 93.1 Å². The molecule has 0 aromatic heterocycles. The fraction of sp³-hybridized carbons (Fsp3) is 0.500. The van der Waals surface area contributed by atoms with Gasteiger partial charge >= 0.3 is 11.9 Å². The monoisotopic (exact) mass is 310 g/mol. The van der Waals surface area contributed by atoms with Crippen molar-refractivity contribution < 1.29 is 29.3 Å². The van der Waals surface area contributed by atoms with Crippen LogP contribution >= 0.6 is 0 Å². The highest BCUT2D eigenvalue weighted by Gasteiger charge is 2.34. The molecule has 0 amide bonds. The highest BCUT2D eigenvalue weighted by atomic mass is 16.5. The van der Waals surface area contributed by atoms with Crippen LogP contribution < -0.4 is 4.74 Å². The Hall–Kier alpha value is -1.92. The number of aliphatic hydroxyl groups excluding tert-OH is 1. The zero-order valence-corrected chi connectivity index (χ0v) is 13.3. The standard InChI is InChI=1S/C16H22O6/c1-10(2)15(19)22-14-7-11(3)5-6-13(14)16(20,8-17)9-21-12(4)18/h5-7,10,17,20H,8-9H2,1-4H3. The number of ether oxygens (including phenoxy) is 2. The van der Waals surface area contributed by atoms with Gasteiger partial charge in [-0.25, -0.2) is 0 Å². The number of esters is 2. The second-order valence-electron chi connectivity index (χ2n) is 5.55. The molecule has 1 aromatic rings. The van der Waals surface area contributed by atoms with Crippen molar-refractivity contribution in [3.8, 4) is 5.75 Å². The molecule has 1 aromatic carbocycles. The maximum Gasteiger partial charge on any atom is 0.313 e. The van der Waals surface area contributed by atoms with Gasteiger partial charge in [0, 0.05) is 12.5 Å². The molecule has 0 saturated heterocycles. The maximum atomic E-state index is 11.8. The lowest BCUT2D eigenvalue weighted by atomic mass is 9.93. The van der Waals surface area contributed by atoms with E-state index >= 15 is 0 Å². The van der Waals surface area contributed by atoms with Gasteiger partial charge in [-0.1, -0.05) is 26.0 Å². The van der Waals surface area contributed by atoms with E-state index < -0.39 is 30.8 Å². The summed E-state index contributed by atoms with van der Waals surface area (Å²) >= 11 is 0. The van der Waals surface area contributed by atoms with Crippen molar-refractivity contribution in [2.75, 3.05) is 13.2 Å². The minimum absolute atomic E-state index is 0.141. The first-order chi connectivity index (χ1) is 10.2. The van der Waals surface area contributed by atoms with Crippen molar-refractivity contribution in [1.82, 2.24) is 0 Å². The molecule has 6 nitrogen and oxygen atoms in total. The average molecular weight is 310 g/mol. The van der Waals surface area contributed by atoms with E-state index in [1.165, 1.54) is 13.0 Å².